The Morgan fingerprint density at radius 3 is 2.68 bits per heavy atom. The lowest BCUT2D eigenvalue weighted by Crippen LogP contribution is -2.38. The average Bonchev–Trinajstić information content (AvgIpc) is 2.52. The van der Waals surface area contributed by atoms with Gasteiger partial charge in [-0.15, -0.1) is 24.0 Å². The van der Waals surface area contributed by atoms with Gasteiger partial charge in [0.25, 0.3) is 0 Å². The van der Waals surface area contributed by atoms with Gasteiger partial charge in [-0.25, -0.2) is 4.99 Å². The number of ether oxygens (including phenoxy) is 1. The number of anilines is 1. The van der Waals surface area contributed by atoms with Crippen molar-refractivity contribution >= 4 is 41.5 Å². The molecule has 1 amide bonds. The van der Waals surface area contributed by atoms with E-state index in [4.69, 9.17) is 4.74 Å². The summed E-state index contributed by atoms with van der Waals surface area (Å²) in [6.07, 6.45) is 0.524. The number of aliphatic imine (C=N–C) groups is 1. The van der Waals surface area contributed by atoms with Crippen LogP contribution in [0.4, 0.5) is 5.69 Å². The third-order valence-electron chi connectivity index (χ3n) is 3.17. The summed E-state index contributed by atoms with van der Waals surface area (Å²) in [6.45, 7) is 8.75. The molecule has 142 valence electrons. The van der Waals surface area contributed by atoms with Crippen molar-refractivity contribution in [2.75, 3.05) is 32.1 Å². The molecule has 0 aromatic heterocycles. The van der Waals surface area contributed by atoms with E-state index in [9.17, 15) is 4.79 Å². The van der Waals surface area contributed by atoms with Gasteiger partial charge in [0.1, 0.15) is 0 Å². The van der Waals surface area contributed by atoms with Gasteiger partial charge >= 0.3 is 0 Å². The van der Waals surface area contributed by atoms with Crippen LogP contribution in [0.3, 0.4) is 0 Å². The van der Waals surface area contributed by atoms with E-state index in [1.807, 2.05) is 45.0 Å². The summed E-state index contributed by atoms with van der Waals surface area (Å²) >= 11 is 0. The SMILES string of the molecule is CCNC(=NCc1cccc(NC(=O)CC(C)C)c1)NCCOC.I. The minimum absolute atomic E-state index is 0. The smallest absolute Gasteiger partial charge is 0.224 e. The van der Waals surface area contributed by atoms with Gasteiger partial charge in [-0.2, -0.15) is 0 Å². The Hall–Kier alpha value is -1.35. The zero-order valence-corrected chi connectivity index (χ0v) is 17.9. The molecule has 0 aliphatic heterocycles. The maximum absolute atomic E-state index is 11.9. The molecule has 1 aromatic rings. The first-order valence-corrected chi connectivity index (χ1v) is 8.45. The van der Waals surface area contributed by atoms with E-state index in [-0.39, 0.29) is 29.9 Å². The number of hydrogen-bond acceptors (Lipinski definition) is 3. The minimum Gasteiger partial charge on any atom is -0.383 e. The molecule has 0 spiro atoms. The Kier molecular flexibility index (Phi) is 13.1. The highest BCUT2D eigenvalue weighted by molar-refractivity contribution is 14.0. The molecule has 0 atom stereocenters. The van der Waals surface area contributed by atoms with Crippen molar-refractivity contribution in [2.45, 2.75) is 33.7 Å². The fourth-order valence-electron chi connectivity index (χ4n) is 2.11. The number of carbonyl (C=O) groups is 1. The summed E-state index contributed by atoms with van der Waals surface area (Å²) in [5, 5.41) is 9.33. The molecule has 25 heavy (non-hydrogen) atoms. The first-order valence-electron chi connectivity index (χ1n) is 8.45. The number of carbonyl (C=O) groups excluding carboxylic acids is 1. The van der Waals surface area contributed by atoms with E-state index in [2.05, 4.69) is 20.9 Å². The summed E-state index contributed by atoms with van der Waals surface area (Å²) in [5.74, 6) is 1.14. The molecule has 0 bridgehead atoms. The van der Waals surface area contributed by atoms with Crippen LogP contribution in [0.25, 0.3) is 0 Å². The number of halogens is 1. The summed E-state index contributed by atoms with van der Waals surface area (Å²) in [5.41, 5.74) is 1.85. The Bertz CT molecular complexity index is 536. The van der Waals surface area contributed by atoms with E-state index >= 15 is 0 Å². The molecule has 7 heteroatoms. The molecule has 0 aliphatic carbocycles. The van der Waals surface area contributed by atoms with Gasteiger partial charge in [-0.05, 0) is 30.5 Å². The standard InChI is InChI=1S/C18H30N4O2.HI/c1-5-19-18(20-9-10-24-4)21-13-15-7-6-8-16(12-15)22-17(23)11-14(2)3;/h6-8,12,14H,5,9-11,13H2,1-4H3,(H,22,23)(H2,19,20,21);1H. The Morgan fingerprint density at radius 2 is 2.04 bits per heavy atom. The number of methoxy groups -OCH3 is 1. The molecule has 1 rings (SSSR count). The molecule has 0 radical (unpaired) electrons. The Balaban J connectivity index is 0.00000576. The van der Waals surface area contributed by atoms with Crippen LogP contribution in [0.15, 0.2) is 29.3 Å². The molecule has 0 heterocycles. The molecule has 0 unspecified atom stereocenters. The highest BCUT2D eigenvalue weighted by atomic mass is 127. The second-order valence-electron chi connectivity index (χ2n) is 5.96. The minimum atomic E-state index is 0. The van der Waals surface area contributed by atoms with E-state index in [1.54, 1.807) is 7.11 Å². The molecule has 3 N–H and O–H groups in total. The molecule has 0 saturated carbocycles. The zero-order valence-electron chi connectivity index (χ0n) is 15.6. The third kappa shape index (κ3) is 11.0. The Labute approximate surface area is 168 Å². The van der Waals surface area contributed by atoms with Crippen molar-refractivity contribution in [1.29, 1.82) is 0 Å². The topological polar surface area (TPSA) is 74.8 Å². The molecule has 0 saturated heterocycles. The molecular formula is C18H31IN4O2. The maximum Gasteiger partial charge on any atom is 0.224 e. The Morgan fingerprint density at radius 1 is 1.28 bits per heavy atom. The van der Waals surface area contributed by atoms with Crippen molar-refractivity contribution in [3.05, 3.63) is 29.8 Å². The number of rotatable bonds is 9. The van der Waals surface area contributed by atoms with Crippen molar-refractivity contribution in [3.63, 3.8) is 0 Å². The van der Waals surface area contributed by atoms with Gasteiger partial charge in [-0.3, -0.25) is 4.79 Å². The summed E-state index contributed by atoms with van der Waals surface area (Å²) in [7, 11) is 1.67. The summed E-state index contributed by atoms with van der Waals surface area (Å²) in [6, 6.07) is 7.79. The number of benzene rings is 1. The van der Waals surface area contributed by atoms with E-state index in [0.29, 0.717) is 32.0 Å². The molecule has 1 aromatic carbocycles. The lowest BCUT2D eigenvalue weighted by atomic mass is 10.1. The molecule has 0 aliphatic rings. The normalized spacial score (nSPS) is 11.0. The highest BCUT2D eigenvalue weighted by Gasteiger charge is 2.05. The zero-order chi connectivity index (χ0) is 17.8. The summed E-state index contributed by atoms with van der Waals surface area (Å²) < 4.78 is 5.03. The van der Waals surface area contributed by atoms with Gasteiger partial charge in [-0.1, -0.05) is 26.0 Å². The lowest BCUT2D eigenvalue weighted by Gasteiger charge is -2.11. The quantitative estimate of drug-likeness (QED) is 0.228. The van der Waals surface area contributed by atoms with E-state index < -0.39 is 0 Å². The average molecular weight is 462 g/mol. The van der Waals surface area contributed by atoms with Crippen molar-refractivity contribution < 1.29 is 9.53 Å². The van der Waals surface area contributed by atoms with Crippen LogP contribution in [0.2, 0.25) is 0 Å². The van der Waals surface area contributed by atoms with E-state index in [1.165, 1.54) is 0 Å². The third-order valence-corrected chi connectivity index (χ3v) is 3.17. The van der Waals surface area contributed by atoms with Crippen molar-refractivity contribution in [1.82, 2.24) is 10.6 Å². The molecular weight excluding hydrogens is 431 g/mol. The molecule has 6 nitrogen and oxygen atoms in total. The molecule has 0 fully saturated rings. The van der Waals surface area contributed by atoms with E-state index in [0.717, 1.165) is 23.8 Å². The lowest BCUT2D eigenvalue weighted by molar-refractivity contribution is -0.116. The van der Waals surface area contributed by atoms with Crippen LogP contribution in [0, 0.1) is 5.92 Å². The predicted octanol–water partition coefficient (Wildman–Crippen LogP) is 2.99. The van der Waals surface area contributed by atoms with Crippen LogP contribution in [-0.4, -0.2) is 38.7 Å². The van der Waals surface area contributed by atoms with Crippen LogP contribution in [0.5, 0.6) is 0 Å². The van der Waals surface area contributed by atoms with Crippen LogP contribution in [0.1, 0.15) is 32.8 Å². The largest absolute Gasteiger partial charge is 0.383 e. The monoisotopic (exact) mass is 462 g/mol. The van der Waals surface area contributed by atoms with Crippen LogP contribution < -0.4 is 16.0 Å². The fraction of sp³-hybridized carbons (Fsp3) is 0.556. The number of nitrogens with zero attached hydrogens (tertiary/aromatic N) is 1. The van der Waals surface area contributed by atoms with Gasteiger partial charge in [0, 0.05) is 32.3 Å². The van der Waals surface area contributed by atoms with Crippen molar-refractivity contribution in [2.24, 2.45) is 10.9 Å². The first kappa shape index (κ1) is 23.6. The second kappa shape index (κ2) is 13.9. The fourth-order valence-corrected chi connectivity index (χ4v) is 2.11. The summed E-state index contributed by atoms with van der Waals surface area (Å²) in [4.78, 5) is 16.4. The number of amides is 1. The van der Waals surface area contributed by atoms with Crippen LogP contribution in [-0.2, 0) is 16.1 Å². The van der Waals surface area contributed by atoms with Gasteiger partial charge < -0.3 is 20.7 Å². The van der Waals surface area contributed by atoms with Crippen molar-refractivity contribution in [3.8, 4) is 0 Å². The van der Waals surface area contributed by atoms with Gasteiger partial charge in [0.2, 0.25) is 5.91 Å². The second-order valence-corrected chi connectivity index (χ2v) is 5.96. The number of hydrogen-bond donors (Lipinski definition) is 3. The number of nitrogens with one attached hydrogen (secondary N) is 3. The van der Waals surface area contributed by atoms with Gasteiger partial charge in [0.05, 0.1) is 13.2 Å². The first-order chi connectivity index (χ1) is 11.5. The predicted molar refractivity (Wildman–Crippen MR) is 115 cm³/mol. The maximum atomic E-state index is 11.9. The number of guanidine groups is 1. The van der Waals surface area contributed by atoms with Crippen LogP contribution >= 0.6 is 24.0 Å². The highest BCUT2D eigenvalue weighted by Crippen LogP contribution is 2.13. The van der Waals surface area contributed by atoms with Gasteiger partial charge in [0.15, 0.2) is 5.96 Å².